The number of benzene rings is 3. The van der Waals surface area contributed by atoms with Crippen molar-refractivity contribution in [3.8, 4) is 23.0 Å². The minimum Gasteiger partial charge on any atom is -0.508 e. The molecular formula is C31H32F3NO4. The smallest absolute Gasteiger partial charge is 0.417 e. The van der Waals surface area contributed by atoms with Crippen molar-refractivity contribution in [2.75, 3.05) is 26.2 Å². The summed E-state index contributed by atoms with van der Waals surface area (Å²) in [6.45, 7) is 3.99. The Morgan fingerprint density at radius 1 is 0.846 bits per heavy atom. The third kappa shape index (κ3) is 6.33. The van der Waals surface area contributed by atoms with E-state index in [2.05, 4.69) is 4.90 Å². The third-order valence-corrected chi connectivity index (χ3v) is 7.24. The second-order valence-corrected chi connectivity index (χ2v) is 10.0. The Hall–Kier alpha value is -3.65. The van der Waals surface area contributed by atoms with E-state index in [4.69, 9.17) is 9.47 Å². The van der Waals surface area contributed by atoms with E-state index in [1.807, 2.05) is 0 Å². The summed E-state index contributed by atoms with van der Waals surface area (Å²) in [7, 11) is 0. The Labute approximate surface area is 226 Å². The Morgan fingerprint density at radius 2 is 1.54 bits per heavy atom. The molecule has 1 unspecified atom stereocenters. The lowest BCUT2D eigenvalue weighted by Gasteiger charge is -2.33. The number of aromatic hydroxyl groups is 2. The van der Waals surface area contributed by atoms with E-state index < -0.39 is 17.9 Å². The van der Waals surface area contributed by atoms with E-state index in [1.165, 1.54) is 74.8 Å². The number of fused-ring (bicyclic) bond motifs is 1. The average molecular weight is 540 g/mol. The first-order valence-electron chi connectivity index (χ1n) is 13.4. The summed E-state index contributed by atoms with van der Waals surface area (Å²) in [5.41, 5.74) is -0.270. The van der Waals surface area contributed by atoms with Crippen LogP contribution in [0, 0.1) is 0 Å². The number of alkyl halides is 3. The maximum atomic E-state index is 14.6. The number of nitrogens with zero attached hydrogens (tertiary/aromatic N) is 1. The van der Waals surface area contributed by atoms with Gasteiger partial charge in [-0.3, -0.25) is 0 Å². The van der Waals surface area contributed by atoms with E-state index in [-0.39, 0.29) is 33.9 Å². The van der Waals surface area contributed by atoms with Crippen molar-refractivity contribution in [2.24, 2.45) is 0 Å². The number of piperidine rings is 1. The van der Waals surface area contributed by atoms with E-state index in [9.17, 15) is 23.4 Å². The predicted octanol–water partition coefficient (Wildman–Crippen LogP) is 7.35. The fraction of sp³-hybridized carbons (Fsp3) is 0.355. The molecule has 1 atom stereocenters. The van der Waals surface area contributed by atoms with E-state index >= 15 is 0 Å². The van der Waals surface area contributed by atoms with Gasteiger partial charge in [0.2, 0.25) is 0 Å². The lowest BCUT2D eigenvalue weighted by molar-refractivity contribution is -0.0695. The van der Waals surface area contributed by atoms with Gasteiger partial charge in [0.15, 0.2) is 6.10 Å². The van der Waals surface area contributed by atoms with Crippen molar-refractivity contribution in [1.82, 2.24) is 4.90 Å². The number of unbranched alkanes of at least 4 members (excludes halogenated alkanes) is 1. The normalized spacial score (nSPS) is 18.0. The topological polar surface area (TPSA) is 62.2 Å². The standard InChI is InChI=1S/C31H32F3NO4/c32-31(33,34)29-26-15-12-24(37)20-27(26)39-30(28(29)21-6-10-23(36)11-7-21)22-8-13-25(14-9-22)38-19-5-4-18-35-16-2-1-3-17-35/h6-15,20,30,36-37H,1-5,16-19H2. The van der Waals surface area contributed by atoms with Gasteiger partial charge in [-0.05, 0) is 92.8 Å². The molecule has 5 nitrogen and oxygen atoms in total. The average Bonchev–Trinajstić information content (AvgIpc) is 2.92. The van der Waals surface area contributed by atoms with E-state index in [0.29, 0.717) is 17.9 Å². The monoisotopic (exact) mass is 539 g/mol. The van der Waals surface area contributed by atoms with Crippen molar-refractivity contribution in [3.05, 3.63) is 83.4 Å². The second kappa shape index (κ2) is 11.6. The van der Waals surface area contributed by atoms with Crippen molar-refractivity contribution in [2.45, 2.75) is 44.4 Å². The lowest BCUT2D eigenvalue weighted by Crippen LogP contribution is -2.30. The Kier molecular flexibility index (Phi) is 8.02. The van der Waals surface area contributed by atoms with Crippen molar-refractivity contribution < 1.29 is 32.9 Å². The number of rotatable bonds is 8. The Morgan fingerprint density at radius 3 is 2.23 bits per heavy atom. The molecule has 0 aromatic heterocycles. The fourth-order valence-electron chi connectivity index (χ4n) is 5.30. The van der Waals surface area contributed by atoms with Crippen LogP contribution >= 0.6 is 0 Å². The molecule has 0 radical (unpaired) electrons. The number of phenolic OH excluding ortho intramolecular Hbond substituents is 2. The van der Waals surface area contributed by atoms with Crippen LogP contribution < -0.4 is 9.47 Å². The SMILES string of the molecule is Oc1ccc(C2=C(C(F)(F)F)c3ccc(O)cc3OC2c2ccc(OCCCCN3CCCCC3)cc2)cc1. The van der Waals surface area contributed by atoms with Crippen LogP contribution in [0.5, 0.6) is 23.0 Å². The van der Waals surface area contributed by atoms with Gasteiger partial charge in [0.1, 0.15) is 23.0 Å². The molecule has 1 fully saturated rings. The van der Waals surface area contributed by atoms with Gasteiger partial charge in [-0.25, -0.2) is 0 Å². The first kappa shape index (κ1) is 26.9. The largest absolute Gasteiger partial charge is 0.508 e. The highest BCUT2D eigenvalue weighted by Crippen LogP contribution is 2.53. The number of ether oxygens (including phenoxy) is 2. The molecule has 3 aromatic carbocycles. The van der Waals surface area contributed by atoms with Gasteiger partial charge in [0.25, 0.3) is 0 Å². The molecule has 2 aliphatic rings. The number of halogens is 3. The zero-order valence-electron chi connectivity index (χ0n) is 21.6. The molecule has 0 saturated carbocycles. The summed E-state index contributed by atoms with van der Waals surface area (Å²) >= 11 is 0. The van der Waals surface area contributed by atoms with Gasteiger partial charge >= 0.3 is 6.18 Å². The van der Waals surface area contributed by atoms with E-state index in [1.54, 1.807) is 24.3 Å². The van der Waals surface area contributed by atoms with Gasteiger partial charge in [-0.2, -0.15) is 13.2 Å². The molecule has 2 heterocycles. The van der Waals surface area contributed by atoms with Crippen LogP contribution in [0.1, 0.15) is 54.9 Å². The molecule has 0 amide bonds. The summed E-state index contributed by atoms with van der Waals surface area (Å²) in [5, 5.41) is 19.7. The first-order valence-corrected chi connectivity index (χ1v) is 13.4. The molecule has 2 N–H and O–H groups in total. The zero-order chi connectivity index (χ0) is 27.4. The van der Waals surface area contributed by atoms with Gasteiger partial charge in [0.05, 0.1) is 12.2 Å². The predicted molar refractivity (Wildman–Crippen MR) is 144 cm³/mol. The van der Waals surface area contributed by atoms with Crippen LogP contribution in [-0.4, -0.2) is 47.5 Å². The molecule has 2 aliphatic heterocycles. The van der Waals surface area contributed by atoms with E-state index in [0.717, 1.165) is 19.4 Å². The van der Waals surface area contributed by atoms with Crippen LogP contribution in [0.2, 0.25) is 0 Å². The molecule has 0 bridgehead atoms. The summed E-state index contributed by atoms with van der Waals surface area (Å²) in [5.74, 6) is 0.343. The molecule has 0 spiro atoms. The van der Waals surface area contributed by atoms with Gasteiger partial charge < -0.3 is 24.6 Å². The van der Waals surface area contributed by atoms with Crippen LogP contribution in [0.3, 0.4) is 0 Å². The summed E-state index contributed by atoms with van der Waals surface area (Å²) in [4.78, 5) is 2.49. The van der Waals surface area contributed by atoms with Crippen LogP contribution in [0.15, 0.2) is 66.7 Å². The highest BCUT2D eigenvalue weighted by molar-refractivity contribution is 5.98. The number of hydrogen-bond donors (Lipinski definition) is 2. The summed E-state index contributed by atoms with van der Waals surface area (Å²) < 4.78 is 55.7. The van der Waals surface area contributed by atoms with Crippen molar-refractivity contribution in [1.29, 1.82) is 0 Å². The number of likely N-dealkylation sites (tertiary alicyclic amines) is 1. The highest BCUT2D eigenvalue weighted by atomic mass is 19.4. The van der Waals surface area contributed by atoms with Crippen molar-refractivity contribution in [3.63, 3.8) is 0 Å². The van der Waals surface area contributed by atoms with Gasteiger partial charge in [-0.15, -0.1) is 0 Å². The summed E-state index contributed by atoms with van der Waals surface area (Å²) in [6.07, 6.45) is 0.0502. The molecule has 0 aliphatic carbocycles. The maximum absolute atomic E-state index is 14.6. The highest BCUT2D eigenvalue weighted by Gasteiger charge is 2.44. The maximum Gasteiger partial charge on any atom is 0.417 e. The van der Waals surface area contributed by atoms with Gasteiger partial charge in [0, 0.05) is 17.2 Å². The molecular weight excluding hydrogens is 507 g/mol. The molecule has 5 rings (SSSR count). The van der Waals surface area contributed by atoms with Crippen molar-refractivity contribution >= 4 is 11.1 Å². The molecule has 1 saturated heterocycles. The quantitative estimate of drug-likeness (QED) is 0.293. The van der Waals surface area contributed by atoms with Gasteiger partial charge in [-0.1, -0.05) is 30.7 Å². The number of hydrogen-bond acceptors (Lipinski definition) is 5. The Bertz CT molecular complexity index is 1300. The minimum atomic E-state index is -4.70. The Balaban J connectivity index is 1.38. The summed E-state index contributed by atoms with van der Waals surface area (Å²) in [6, 6.07) is 16.1. The minimum absolute atomic E-state index is 0.0519. The molecule has 206 valence electrons. The van der Waals surface area contributed by atoms with Crippen LogP contribution in [-0.2, 0) is 0 Å². The number of allylic oxidation sites excluding steroid dienone is 1. The molecule has 3 aromatic rings. The molecule has 8 heteroatoms. The number of phenols is 2. The first-order chi connectivity index (χ1) is 18.8. The van der Waals surface area contributed by atoms with Crippen LogP contribution in [0.4, 0.5) is 13.2 Å². The zero-order valence-corrected chi connectivity index (χ0v) is 21.6. The molecule has 39 heavy (non-hydrogen) atoms. The van der Waals surface area contributed by atoms with Crippen LogP contribution in [0.25, 0.3) is 11.1 Å². The second-order valence-electron chi connectivity index (χ2n) is 10.0. The fourth-order valence-corrected chi connectivity index (χ4v) is 5.30. The third-order valence-electron chi connectivity index (χ3n) is 7.24. The lowest BCUT2D eigenvalue weighted by atomic mass is 9.85.